The molecule has 29 heavy (non-hydrogen) atoms. The highest BCUT2D eigenvalue weighted by atomic mass is 35.5. The number of amides is 2. The topological polar surface area (TPSA) is 73.0 Å². The Hall–Kier alpha value is -2.12. The second-order valence-corrected chi connectivity index (χ2v) is 8.27. The van der Waals surface area contributed by atoms with E-state index in [9.17, 15) is 14.4 Å². The van der Waals surface area contributed by atoms with Crippen molar-refractivity contribution in [1.29, 1.82) is 0 Å². The van der Waals surface area contributed by atoms with Crippen molar-refractivity contribution in [1.82, 2.24) is 15.1 Å². The van der Waals surface area contributed by atoms with Gasteiger partial charge in [0.2, 0.25) is 11.8 Å². The van der Waals surface area contributed by atoms with Crippen molar-refractivity contribution >= 4 is 35.7 Å². The van der Waals surface area contributed by atoms with E-state index in [2.05, 4.69) is 10.2 Å². The first kappa shape index (κ1) is 21.6. The van der Waals surface area contributed by atoms with Crippen LogP contribution < -0.4 is 10.2 Å². The molecule has 0 aliphatic carbocycles. The van der Waals surface area contributed by atoms with E-state index >= 15 is 0 Å². The molecule has 0 unspecified atom stereocenters. The first-order chi connectivity index (χ1) is 13.4. The number of carbonyl (C=O) groups is 3. The summed E-state index contributed by atoms with van der Waals surface area (Å²) < 4.78 is 0. The summed E-state index contributed by atoms with van der Waals surface area (Å²) in [6.45, 7) is 8.74. The van der Waals surface area contributed by atoms with Gasteiger partial charge in [-0.1, -0.05) is 0 Å². The van der Waals surface area contributed by atoms with Gasteiger partial charge in [0, 0.05) is 76.5 Å². The number of hydrogen-bond donors (Lipinski definition) is 1. The molecule has 0 spiro atoms. The molecule has 1 aromatic carbocycles. The molecule has 0 bridgehead atoms. The van der Waals surface area contributed by atoms with Crippen molar-refractivity contribution < 1.29 is 14.4 Å². The standard InChI is InChI=1S/C21H28N4O3.ClH/c1-15(26)17-3-5-19(6-4-17)23-7-9-24(10-8-23)20(28)21-13-22-11-18(21)12-25(14-21)16(2)27;/h3-6,18,22H,7-14H2,1-2H3;1H/t18-,21-;/m1./s1. The number of anilines is 1. The number of ketones is 1. The molecule has 3 heterocycles. The molecule has 158 valence electrons. The van der Waals surface area contributed by atoms with E-state index < -0.39 is 5.41 Å². The minimum Gasteiger partial charge on any atom is -0.368 e. The van der Waals surface area contributed by atoms with Crippen molar-refractivity contribution in [3.63, 3.8) is 0 Å². The second kappa shape index (κ2) is 8.32. The summed E-state index contributed by atoms with van der Waals surface area (Å²) in [6, 6.07) is 7.67. The highest BCUT2D eigenvalue weighted by Crippen LogP contribution is 2.41. The molecule has 3 aliphatic rings. The molecule has 2 amide bonds. The van der Waals surface area contributed by atoms with Crippen LogP contribution in [0.15, 0.2) is 24.3 Å². The lowest BCUT2D eigenvalue weighted by molar-refractivity contribution is -0.142. The number of fused-ring (bicyclic) bond motifs is 1. The van der Waals surface area contributed by atoms with Crippen LogP contribution in [0.25, 0.3) is 0 Å². The fraction of sp³-hybridized carbons (Fsp3) is 0.571. The number of carbonyl (C=O) groups excluding carboxylic acids is 3. The molecule has 0 aromatic heterocycles. The lowest BCUT2D eigenvalue weighted by Crippen LogP contribution is -2.56. The third kappa shape index (κ3) is 3.85. The Morgan fingerprint density at radius 3 is 2.24 bits per heavy atom. The van der Waals surface area contributed by atoms with E-state index in [-0.39, 0.29) is 35.9 Å². The average molecular weight is 421 g/mol. The Morgan fingerprint density at radius 1 is 1.00 bits per heavy atom. The third-order valence-electron chi connectivity index (χ3n) is 6.60. The maximum Gasteiger partial charge on any atom is 0.232 e. The molecule has 3 saturated heterocycles. The molecule has 0 radical (unpaired) electrons. The van der Waals surface area contributed by atoms with E-state index in [0.717, 1.165) is 25.3 Å². The monoisotopic (exact) mass is 420 g/mol. The number of piperazine rings is 1. The van der Waals surface area contributed by atoms with Crippen LogP contribution in [0.3, 0.4) is 0 Å². The van der Waals surface area contributed by atoms with Gasteiger partial charge in [-0.25, -0.2) is 0 Å². The van der Waals surface area contributed by atoms with Gasteiger partial charge in [-0.05, 0) is 31.2 Å². The van der Waals surface area contributed by atoms with Crippen molar-refractivity contribution in [2.45, 2.75) is 13.8 Å². The van der Waals surface area contributed by atoms with Gasteiger partial charge in [-0.3, -0.25) is 14.4 Å². The summed E-state index contributed by atoms with van der Waals surface area (Å²) in [5.41, 5.74) is 1.34. The summed E-state index contributed by atoms with van der Waals surface area (Å²) in [5, 5.41) is 3.37. The molecule has 1 aromatic rings. The maximum absolute atomic E-state index is 13.4. The van der Waals surface area contributed by atoms with E-state index in [1.807, 2.05) is 34.1 Å². The van der Waals surface area contributed by atoms with Crippen molar-refractivity contribution in [2.24, 2.45) is 11.3 Å². The number of nitrogens with zero attached hydrogens (tertiary/aromatic N) is 3. The highest BCUT2D eigenvalue weighted by molar-refractivity contribution is 5.94. The molecule has 3 fully saturated rings. The Kier molecular flexibility index (Phi) is 6.19. The molecule has 1 N–H and O–H groups in total. The van der Waals surface area contributed by atoms with Crippen LogP contribution in [0.5, 0.6) is 0 Å². The molecular weight excluding hydrogens is 392 g/mol. The lowest BCUT2D eigenvalue weighted by atomic mass is 9.79. The van der Waals surface area contributed by atoms with Gasteiger partial charge in [-0.2, -0.15) is 0 Å². The summed E-state index contributed by atoms with van der Waals surface area (Å²) in [4.78, 5) is 42.8. The second-order valence-electron chi connectivity index (χ2n) is 8.27. The molecule has 0 saturated carbocycles. The van der Waals surface area contributed by atoms with Crippen molar-refractivity contribution in [3.05, 3.63) is 29.8 Å². The van der Waals surface area contributed by atoms with E-state index in [1.165, 1.54) is 0 Å². The Balaban J connectivity index is 0.00000240. The quantitative estimate of drug-likeness (QED) is 0.739. The zero-order valence-electron chi connectivity index (χ0n) is 17.0. The Labute approximate surface area is 177 Å². The van der Waals surface area contributed by atoms with Crippen molar-refractivity contribution in [3.8, 4) is 0 Å². The minimum atomic E-state index is -0.461. The fourth-order valence-electron chi connectivity index (χ4n) is 4.85. The van der Waals surface area contributed by atoms with E-state index in [0.29, 0.717) is 38.3 Å². The van der Waals surface area contributed by atoms with Crippen LogP contribution in [-0.4, -0.2) is 79.8 Å². The number of nitrogens with one attached hydrogen (secondary N) is 1. The molecular formula is C21H29ClN4O3. The van der Waals surface area contributed by atoms with Crippen molar-refractivity contribution in [2.75, 3.05) is 57.3 Å². The first-order valence-electron chi connectivity index (χ1n) is 10.0. The molecule has 3 aliphatic heterocycles. The lowest BCUT2D eigenvalue weighted by Gasteiger charge is -2.40. The third-order valence-corrected chi connectivity index (χ3v) is 6.60. The van der Waals surface area contributed by atoms with E-state index in [1.54, 1.807) is 13.8 Å². The zero-order chi connectivity index (χ0) is 19.9. The van der Waals surface area contributed by atoms with Crippen LogP contribution in [0.4, 0.5) is 5.69 Å². The first-order valence-corrected chi connectivity index (χ1v) is 10.0. The molecule has 4 rings (SSSR count). The predicted octanol–water partition coefficient (Wildman–Crippen LogP) is 1.03. The van der Waals surface area contributed by atoms with Gasteiger partial charge < -0.3 is 20.0 Å². The maximum atomic E-state index is 13.4. The van der Waals surface area contributed by atoms with Gasteiger partial charge in [-0.15, -0.1) is 12.4 Å². The van der Waals surface area contributed by atoms with Crippen LogP contribution >= 0.6 is 12.4 Å². The predicted molar refractivity (Wildman–Crippen MR) is 114 cm³/mol. The van der Waals surface area contributed by atoms with Crippen LogP contribution in [0.1, 0.15) is 24.2 Å². The van der Waals surface area contributed by atoms with Crippen LogP contribution in [0.2, 0.25) is 0 Å². The number of benzene rings is 1. The minimum absolute atomic E-state index is 0. The number of halogens is 1. The Bertz CT molecular complexity index is 792. The van der Waals surface area contributed by atoms with Gasteiger partial charge in [0.25, 0.3) is 0 Å². The normalized spacial score (nSPS) is 26.1. The smallest absolute Gasteiger partial charge is 0.232 e. The number of Topliss-reactive ketones (excluding diaryl/α,β-unsaturated/α-hetero) is 1. The summed E-state index contributed by atoms with van der Waals surface area (Å²) in [7, 11) is 0. The zero-order valence-corrected chi connectivity index (χ0v) is 17.8. The summed E-state index contributed by atoms with van der Waals surface area (Å²) in [5.74, 6) is 0.524. The number of hydrogen-bond acceptors (Lipinski definition) is 5. The highest BCUT2D eigenvalue weighted by Gasteiger charge is 2.56. The number of likely N-dealkylation sites (tertiary alicyclic amines) is 1. The fourth-order valence-corrected chi connectivity index (χ4v) is 4.85. The summed E-state index contributed by atoms with van der Waals surface area (Å²) >= 11 is 0. The largest absolute Gasteiger partial charge is 0.368 e. The van der Waals surface area contributed by atoms with E-state index in [4.69, 9.17) is 0 Å². The number of rotatable bonds is 3. The van der Waals surface area contributed by atoms with Gasteiger partial charge in [0.15, 0.2) is 5.78 Å². The van der Waals surface area contributed by atoms with Gasteiger partial charge >= 0.3 is 0 Å². The van der Waals surface area contributed by atoms with Crippen LogP contribution in [0, 0.1) is 11.3 Å². The van der Waals surface area contributed by atoms with Gasteiger partial charge in [0.1, 0.15) is 0 Å². The molecule has 2 atom stereocenters. The Morgan fingerprint density at radius 2 is 1.66 bits per heavy atom. The molecule has 8 heteroatoms. The molecule has 7 nitrogen and oxygen atoms in total. The average Bonchev–Trinajstić information content (AvgIpc) is 3.26. The van der Waals surface area contributed by atoms with Gasteiger partial charge in [0.05, 0.1) is 5.41 Å². The van der Waals surface area contributed by atoms with Crippen LogP contribution in [-0.2, 0) is 9.59 Å². The summed E-state index contributed by atoms with van der Waals surface area (Å²) in [6.07, 6.45) is 0. The SMILES string of the molecule is CC(=O)c1ccc(N2CCN(C(=O)[C@@]34CNC[C@@H]3CN(C(C)=O)C4)CC2)cc1.Cl.